The van der Waals surface area contributed by atoms with Crippen molar-refractivity contribution in [3.05, 3.63) is 376 Å². The lowest BCUT2D eigenvalue weighted by Crippen LogP contribution is -2.25. The van der Waals surface area contributed by atoms with Crippen LogP contribution in [0, 0.1) is 0 Å². The van der Waals surface area contributed by atoms with Crippen molar-refractivity contribution in [1.29, 1.82) is 0 Å². The lowest BCUT2D eigenvalue weighted by atomic mass is 9.71. The molecule has 12 rings (SSSR count). The number of hydrogen-bond donors (Lipinski definition) is 0. The van der Waals surface area contributed by atoms with Crippen molar-refractivity contribution in [2.24, 2.45) is 0 Å². The van der Waals surface area contributed by atoms with Gasteiger partial charge in [0.2, 0.25) is 0 Å². The molecule has 0 spiro atoms. The summed E-state index contributed by atoms with van der Waals surface area (Å²) >= 11 is 0. The smallest absolute Gasteiger partial charge is 0.123 e. The van der Waals surface area contributed by atoms with Crippen LogP contribution < -0.4 is 42.6 Å². The van der Waals surface area contributed by atoms with E-state index < -0.39 is 5.41 Å². The lowest BCUT2D eigenvalue weighted by Gasteiger charge is -2.32. The van der Waals surface area contributed by atoms with E-state index in [0.717, 1.165) is 84.0 Å². The molecule has 0 unspecified atom stereocenters. The van der Waals surface area contributed by atoms with Gasteiger partial charge in [-0.15, -0.1) is 0 Å². The Hall–Kier alpha value is -11.2. The molecular weight excluding hydrogens is 1140 g/mol. The van der Waals surface area contributed by atoms with Gasteiger partial charge in [0.25, 0.3) is 0 Å². The van der Waals surface area contributed by atoms with Crippen molar-refractivity contribution in [2.75, 3.05) is 0 Å². The molecule has 0 saturated heterocycles. The molecule has 0 aliphatic carbocycles. The van der Waals surface area contributed by atoms with Gasteiger partial charge in [-0.2, -0.15) is 0 Å². The number of ether oxygens (including phenoxy) is 9. The average molecular weight is 1210 g/mol. The Morgan fingerprint density at radius 1 is 0.174 bits per heavy atom. The summed E-state index contributed by atoms with van der Waals surface area (Å²) in [6.07, 6.45) is 0. The van der Waals surface area contributed by atoms with Crippen LogP contribution in [0.25, 0.3) is 0 Å². The van der Waals surface area contributed by atoms with Crippen LogP contribution in [0.2, 0.25) is 0 Å². The fraction of sp³-hybridized carbons (Fsp3) is 0.133. The van der Waals surface area contributed by atoms with Crippen molar-refractivity contribution < 1.29 is 42.6 Å². The molecule has 12 aromatic carbocycles. The zero-order valence-electron chi connectivity index (χ0n) is 51.5. The molecule has 0 fully saturated rings. The van der Waals surface area contributed by atoms with Crippen LogP contribution in [0.1, 0.15) is 73.7 Å². The van der Waals surface area contributed by atoms with Gasteiger partial charge in [0.1, 0.15) is 111 Å². The largest absolute Gasteiger partial charge is 0.489 e. The minimum atomic E-state index is -0.643. The molecule has 0 aromatic heterocycles. The van der Waals surface area contributed by atoms with Crippen LogP contribution in [0.5, 0.6) is 51.7 Å². The summed E-state index contributed by atoms with van der Waals surface area (Å²) in [7, 11) is 0. The second-order valence-corrected chi connectivity index (χ2v) is 22.6. The molecular formula is C83H72O9. The SMILES string of the molecule is CC(c1ccc(OCc2cc(OCc3ccccc3)cc(OCc3ccccc3)c2)cc1)(c1ccc(OCc2cc(OCc3ccccc3)cc(OCc3ccccc3)c2)cc1)c1ccc(OCc2cc(OCc3ccccc3)cc(OCc3ccccc3)c2)cc1. The third-order valence-corrected chi connectivity index (χ3v) is 15.8. The van der Waals surface area contributed by atoms with E-state index in [1.807, 2.05) is 200 Å². The van der Waals surface area contributed by atoms with Crippen LogP contribution in [0.3, 0.4) is 0 Å². The van der Waals surface area contributed by atoms with Crippen LogP contribution in [0.4, 0.5) is 0 Å². The normalized spacial score (nSPS) is 11.1. The number of benzene rings is 12. The summed E-state index contributed by atoms with van der Waals surface area (Å²) in [6, 6.07) is 104. The average Bonchev–Trinajstić information content (AvgIpc) is 0.793. The molecule has 0 aliphatic heterocycles. The van der Waals surface area contributed by atoms with Gasteiger partial charge < -0.3 is 42.6 Å². The summed E-state index contributed by atoms with van der Waals surface area (Å²) < 4.78 is 57.6. The summed E-state index contributed by atoms with van der Waals surface area (Å²) in [4.78, 5) is 0. The molecule has 0 atom stereocenters. The molecule has 0 bridgehead atoms. The molecule has 0 aliphatic rings. The van der Waals surface area contributed by atoms with Gasteiger partial charge in [-0.3, -0.25) is 0 Å². The van der Waals surface area contributed by atoms with E-state index in [1.54, 1.807) is 0 Å². The molecule has 12 aromatic rings. The van der Waals surface area contributed by atoms with E-state index >= 15 is 0 Å². The van der Waals surface area contributed by atoms with E-state index in [1.165, 1.54) is 0 Å². The van der Waals surface area contributed by atoms with Crippen LogP contribution >= 0.6 is 0 Å². The van der Waals surface area contributed by atoms with Crippen molar-refractivity contribution in [3.63, 3.8) is 0 Å². The predicted octanol–water partition coefficient (Wildman–Crippen LogP) is 19.3. The fourth-order valence-electron chi connectivity index (χ4n) is 10.7. The maximum Gasteiger partial charge on any atom is 0.123 e. The van der Waals surface area contributed by atoms with Gasteiger partial charge in [-0.05, 0) is 146 Å². The zero-order valence-corrected chi connectivity index (χ0v) is 51.5. The van der Waals surface area contributed by atoms with E-state index in [-0.39, 0.29) is 0 Å². The highest BCUT2D eigenvalue weighted by molar-refractivity contribution is 5.53. The van der Waals surface area contributed by atoms with Crippen LogP contribution in [-0.4, -0.2) is 0 Å². The monoisotopic (exact) mass is 1210 g/mol. The van der Waals surface area contributed by atoms with Crippen LogP contribution in [-0.2, 0) is 64.9 Å². The standard InChI is InChI=1S/C83H72O9/c1-83(71-32-38-74(39-33-71)84-59-68-44-77(87-53-62-20-8-2-9-21-62)50-78(45-68)88-54-63-22-10-3-11-23-63,72-34-40-75(41-35-72)85-60-69-46-79(89-55-64-24-12-4-13-25-64)51-80(47-69)90-56-65-26-14-5-15-27-65)73-36-42-76(43-37-73)86-61-70-48-81(91-57-66-28-16-6-17-29-66)52-82(49-70)92-58-67-30-18-7-19-31-67/h2-52H,53-61H2,1H3. The highest BCUT2D eigenvalue weighted by atomic mass is 16.5. The Balaban J connectivity index is 0.786. The molecule has 0 N–H and O–H groups in total. The van der Waals surface area contributed by atoms with E-state index in [0.29, 0.717) is 94.0 Å². The first-order valence-electron chi connectivity index (χ1n) is 31.0. The number of rotatable bonds is 30. The molecule has 9 nitrogen and oxygen atoms in total. The van der Waals surface area contributed by atoms with Gasteiger partial charge >= 0.3 is 0 Å². The molecule has 458 valence electrons. The maximum absolute atomic E-state index is 6.55. The molecule has 0 saturated carbocycles. The first-order chi connectivity index (χ1) is 45.4. The van der Waals surface area contributed by atoms with E-state index in [4.69, 9.17) is 42.6 Å². The Labute approximate surface area is 539 Å². The molecule has 0 amide bonds. The van der Waals surface area contributed by atoms with Crippen molar-refractivity contribution in [2.45, 2.75) is 71.8 Å². The predicted molar refractivity (Wildman–Crippen MR) is 362 cm³/mol. The third-order valence-electron chi connectivity index (χ3n) is 15.8. The van der Waals surface area contributed by atoms with E-state index in [2.05, 4.69) is 116 Å². The highest BCUT2D eigenvalue weighted by Crippen LogP contribution is 2.41. The molecule has 9 heteroatoms. The van der Waals surface area contributed by atoms with Crippen molar-refractivity contribution in [1.82, 2.24) is 0 Å². The zero-order chi connectivity index (χ0) is 62.4. The Morgan fingerprint density at radius 2 is 0.337 bits per heavy atom. The topological polar surface area (TPSA) is 83.1 Å². The first-order valence-corrected chi connectivity index (χ1v) is 31.0. The number of hydrogen-bond acceptors (Lipinski definition) is 9. The molecule has 0 heterocycles. The lowest BCUT2D eigenvalue weighted by molar-refractivity contribution is 0.281. The fourth-order valence-corrected chi connectivity index (χ4v) is 10.7. The third kappa shape index (κ3) is 17.4. The van der Waals surface area contributed by atoms with Gasteiger partial charge in [-0.1, -0.05) is 218 Å². The summed E-state index contributed by atoms with van der Waals surface area (Å²) in [5.41, 5.74) is 11.7. The quantitative estimate of drug-likeness (QED) is 0.0409. The van der Waals surface area contributed by atoms with Crippen LogP contribution in [0.15, 0.2) is 309 Å². The van der Waals surface area contributed by atoms with Crippen molar-refractivity contribution in [3.8, 4) is 51.7 Å². The second kappa shape index (κ2) is 30.8. The van der Waals surface area contributed by atoms with Gasteiger partial charge in [0, 0.05) is 23.6 Å². The Kier molecular flexibility index (Phi) is 20.5. The van der Waals surface area contributed by atoms with Gasteiger partial charge in [-0.25, -0.2) is 0 Å². The van der Waals surface area contributed by atoms with E-state index in [9.17, 15) is 0 Å². The first kappa shape index (κ1) is 61.1. The highest BCUT2D eigenvalue weighted by Gasteiger charge is 2.32. The molecule has 92 heavy (non-hydrogen) atoms. The second-order valence-electron chi connectivity index (χ2n) is 22.6. The summed E-state index contributed by atoms with van der Waals surface area (Å²) in [5, 5.41) is 0. The Bertz CT molecular complexity index is 3570. The molecule has 0 radical (unpaired) electrons. The summed E-state index contributed by atoms with van der Waals surface area (Å²) in [6.45, 7) is 5.69. The maximum atomic E-state index is 6.55. The minimum Gasteiger partial charge on any atom is -0.489 e. The minimum absolute atomic E-state index is 0.295. The summed E-state index contributed by atoms with van der Waals surface area (Å²) in [5.74, 6) is 6.35. The Morgan fingerprint density at radius 3 is 0.522 bits per heavy atom. The van der Waals surface area contributed by atoms with Gasteiger partial charge in [0.05, 0.1) is 0 Å². The van der Waals surface area contributed by atoms with Crippen molar-refractivity contribution >= 4 is 0 Å². The van der Waals surface area contributed by atoms with Gasteiger partial charge in [0.15, 0.2) is 0 Å².